The van der Waals surface area contributed by atoms with Gasteiger partial charge in [-0.3, -0.25) is 0 Å². The molecule has 0 N–H and O–H groups in total. The summed E-state index contributed by atoms with van der Waals surface area (Å²) in [6.45, 7) is 2.29. The Kier molecular flexibility index (Phi) is 9.68. The van der Waals surface area contributed by atoms with E-state index in [4.69, 9.17) is 4.99 Å². The van der Waals surface area contributed by atoms with Crippen LogP contribution in [-0.4, -0.2) is 39.1 Å². The van der Waals surface area contributed by atoms with Crippen molar-refractivity contribution in [1.29, 1.82) is 0 Å². The molecule has 1 unspecified atom stereocenters. The fourth-order valence-corrected chi connectivity index (χ4v) is 5.35. The van der Waals surface area contributed by atoms with Crippen LogP contribution in [0.15, 0.2) is 51.2 Å². The summed E-state index contributed by atoms with van der Waals surface area (Å²) in [6, 6.07) is 13.9. The third-order valence-electron chi connectivity index (χ3n) is 6.40. The number of benzene rings is 2. The lowest BCUT2D eigenvalue weighted by Crippen LogP contribution is -2.27. The van der Waals surface area contributed by atoms with Crippen LogP contribution in [0.3, 0.4) is 0 Å². The van der Waals surface area contributed by atoms with E-state index in [9.17, 15) is 0 Å². The predicted molar refractivity (Wildman–Crippen MR) is 141 cm³/mol. The molecule has 1 aliphatic rings. The first-order chi connectivity index (χ1) is 15.5. The average molecular weight is 452 g/mol. The molecule has 32 heavy (non-hydrogen) atoms. The normalized spacial score (nSPS) is 14.1. The van der Waals surface area contributed by atoms with Gasteiger partial charge in [-0.25, -0.2) is 4.99 Å². The van der Waals surface area contributed by atoms with Crippen molar-refractivity contribution >= 4 is 29.2 Å². The first-order valence-corrected chi connectivity index (χ1v) is 13.1. The molecule has 0 saturated carbocycles. The van der Waals surface area contributed by atoms with Crippen molar-refractivity contribution in [1.82, 2.24) is 4.90 Å². The third kappa shape index (κ3) is 7.11. The minimum absolute atomic E-state index is 0.713. The number of fused-ring (bicyclic) bond motifs is 2. The van der Waals surface area contributed by atoms with Crippen molar-refractivity contribution < 1.29 is 0 Å². The van der Waals surface area contributed by atoms with E-state index in [0.29, 0.717) is 6.04 Å². The SMILES string of the molecule is CCCCCCCC(CCCC=c1ccc2c(c1)Sc1cc(N(C)C)ccc1N=2)N(C)C. The van der Waals surface area contributed by atoms with E-state index >= 15 is 0 Å². The van der Waals surface area contributed by atoms with Crippen LogP contribution in [0.1, 0.15) is 64.7 Å². The molecule has 0 amide bonds. The zero-order chi connectivity index (χ0) is 22.9. The van der Waals surface area contributed by atoms with E-state index in [2.05, 4.69) is 87.4 Å². The molecule has 1 heterocycles. The molecule has 0 spiro atoms. The second-order valence-electron chi connectivity index (χ2n) is 9.44. The molecular formula is C28H41N3S. The maximum Gasteiger partial charge on any atom is 0.0778 e. The average Bonchev–Trinajstić information content (AvgIpc) is 2.78. The van der Waals surface area contributed by atoms with Gasteiger partial charge in [0, 0.05) is 35.6 Å². The molecule has 2 aromatic rings. The van der Waals surface area contributed by atoms with Gasteiger partial charge in [0.05, 0.1) is 11.0 Å². The second-order valence-corrected chi connectivity index (χ2v) is 10.5. The molecule has 0 fully saturated rings. The predicted octanol–water partition coefficient (Wildman–Crippen LogP) is 6.41. The molecule has 3 rings (SSSR count). The summed E-state index contributed by atoms with van der Waals surface area (Å²) in [4.78, 5) is 12.0. The van der Waals surface area contributed by atoms with Crippen molar-refractivity contribution in [3.8, 4) is 0 Å². The fraction of sp³-hybridized carbons (Fsp3) is 0.536. The molecule has 174 valence electrons. The van der Waals surface area contributed by atoms with E-state index in [0.717, 1.165) is 17.5 Å². The highest BCUT2D eigenvalue weighted by Crippen LogP contribution is 2.38. The first kappa shape index (κ1) is 24.9. The Labute approximate surface area is 199 Å². The summed E-state index contributed by atoms with van der Waals surface area (Å²) in [7, 11) is 8.65. The number of anilines is 1. The lowest BCUT2D eigenvalue weighted by atomic mass is 10.0. The van der Waals surface area contributed by atoms with E-state index in [1.165, 1.54) is 72.1 Å². The molecule has 0 bridgehead atoms. The van der Waals surface area contributed by atoms with E-state index in [1.807, 2.05) is 11.8 Å². The largest absolute Gasteiger partial charge is 0.378 e. The maximum atomic E-state index is 4.88. The van der Waals surface area contributed by atoms with Crippen LogP contribution in [0.4, 0.5) is 11.4 Å². The second kappa shape index (κ2) is 12.5. The molecule has 1 atom stereocenters. The summed E-state index contributed by atoms with van der Waals surface area (Å²) >= 11 is 1.84. The molecule has 0 aliphatic carbocycles. The Hall–Kier alpha value is -1.78. The number of hydrogen-bond acceptors (Lipinski definition) is 4. The van der Waals surface area contributed by atoms with Crippen LogP contribution in [0.2, 0.25) is 0 Å². The van der Waals surface area contributed by atoms with Crippen molar-refractivity contribution in [2.45, 2.75) is 80.5 Å². The molecule has 0 saturated heterocycles. The van der Waals surface area contributed by atoms with Gasteiger partial charge in [0.15, 0.2) is 0 Å². The minimum Gasteiger partial charge on any atom is -0.378 e. The summed E-state index contributed by atoms with van der Waals surface area (Å²) < 4.78 is 0. The zero-order valence-electron chi connectivity index (χ0n) is 20.7. The third-order valence-corrected chi connectivity index (χ3v) is 7.49. The van der Waals surface area contributed by atoms with Gasteiger partial charge in [-0.2, -0.15) is 0 Å². The monoisotopic (exact) mass is 451 g/mol. The molecular weight excluding hydrogens is 410 g/mol. The van der Waals surface area contributed by atoms with Crippen LogP contribution >= 0.6 is 11.8 Å². The van der Waals surface area contributed by atoms with Crippen molar-refractivity contribution in [2.75, 3.05) is 33.1 Å². The Morgan fingerprint density at radius 3 is 2.41 bits per heavy atom. The van der Waals surface area contributed by atoms with Crippen LogP contribution in [-0.2, 0) is 0 Å². The quantitative estimate of drug-likeness (QED) is 0.297. The fourth-order valence-electron chi connectivity index (χ4n) is 4.30. The minimum atomic E-state index is 0.713. The number of rotatable bonds is 12. The van der Waals surface area contributed by atoms with E-state index in [-0.39, 0.29) is 0 Å². The van der Waals surface area contributed by atoms with Gasteiger partial charge in [-0.05, 0) is 75.3 Å². The van der Waals surface area contributed by atoms with Crippen molar-refractivity contribution in [3.63, 3.8) is 0 Å². The summed E-state index contributed by atoms with van der Waals surface area (Å²) in [5.41, 5.74) is 2.30. The standard InChI is InChI=1S/C28H41N3S/c1-6-7-8-9-10-14-23(30(2)3)15-12-11-13-22-16-18-25-27(20-22)32-28-21-24(31(4)5)17-19-26(28)29-25/h13,16-21,23H,6-12,14-15H2,1-5H3. The molecule has 0 aromatic heterocycles. The van der Waals surface area contributed by atoms with Gasteiger partial charge in [0.2, 0.25) is 0 Å². The van der Waals surface area contributed by atoms with Gasteiger partial charge in [-0.1, -0.05) is 62.9 Å². The van der Waals surface area contributed by atoms with Gasteiger partial charge < -0.3 is 9.80 Å². The Morgan fingerprint density at radius 1 is 0.875 bits per heavy atom. The van der Waals surface area contributed by atoms with Gasteiger partial charge >= 0.3 is 0 Å². The maximum absolute atomic E-state index is 4.88. The Morgan fingerprint density at radius 2 is 1.66 bits per heavy atom. The van der Waals surface area contributed by atoms with Crippen molar-refractivity contribution in [3.05, 3.63) is 47.0 Å². The summed E-state index contributed by atoms with van der Waals surface area (Å²) in [6.07, 6.45) is 14.3. The van der Waals surface area contributed by atoms with E-state index < -0.39 is 0 Å². The number of nitrogens with zero attached hydrogens (tertiary/aromatic N) is 3. The molecule has 2 aromatic carbocycles. The molecule has 3 nitrogen and oxygen atoms in total. The lowest BCUT2D eigenvalue weighted by molar-refractivity contribution is 0.254. The van der Waals surface area contributed by atoms with Crippen LogP contribution < -0.4 is 15.5 Å². The van der Waals surface area contributed by atoms with Gasteiger partial charge in [-0.15, -0.1) is 0 Å². The van der Waals surface area contributed by atoms with Crippen LogP contribution in [0.25, 0.3) is 6.08 Å². The summed E-state index contributed by atoms with van der Waals surface area (Å²) in [5.74, 6) is 0. The van der Waals surface area contributed by atoms with Crippen LogP contribution in [0, 0.1) is 0 Å². The van der Waals surface area contributed by atoms with Crippen molar-refractivity contribution in [2.24, 2.45) is 4.99 Å². The van der Waals surface area contributed by atoms with E-state index in [1.54, 1.807) is 0 Å². The molecule has 0 radical (unpaired) electrons. The smallest absolute Gasteiger partial charge is 0.0778 e. The Bertz CT molecular complexity index is 981. The summed E-state index contributed by atoms with van der Waals surface area (Å²) in [5, 5.41) is 2.41. The highest BCUT2D eigenvalue weighted by atomic mass is 32.2. The highest BCUT2D eigenvalue weighted by molar-refractivity contribution is 7.99. The van der Waals surface area contributed by atoms with Gasteiger partial charge in [0.1, 0.15) is 0 Å². The first-order valence-electron chi connectivity index (χ1n) is 12.3. The molecule has 1 aliphatic heterocycles. The highest BCUT2D eigenvalue weighted by Gasteiger charge is 2.13. The topological polar surface area (TPSA) is 18.8 Å². The lowest BCUT2D eigenvalue weighted by Gasteiger charge is -2.24. The Balaban J connectivity index is 1.57. The van der Waals surface area contributed by atoms with Gasteiger partial charge in [0.25, 0.3) is 0 Å². The van der Waals surface area contributed by atoms with Crippen LogP contribution in [0.5, 0.6) is 0 Å². The zero-order valence-corrected chi connectivity index (χ0v) is 21.5. The number of unbranched alkanes of at least 4 members (excludes halogenated alkanes) is 5. The molecule has 4 heteroatoms. The number of hydrogen-bond donors (Lipinski definition) is 0.